The van der Waals surface area contributed by atoms with E-state index in [9.17, 15) is 9.18 Å². The van der Waals surface area contributed by atoms with E-state index in [0.29, 0.717) is 17.1 Å². The van der Waals surface area contributed by atoms with Crippen molar-refractivity contribution in [3.05, 3.63) is 47.4 Å². The van der Waals surface area contributed by atoms with Crippen molar-refractivity contribution in [2.75, 3.05) is 5.32 Å². The van der Waals surface area contributed by atoms with Crippen molar-refractivity contribution in [3.8, 4) is 0 Å². The van der Waals surface area contributed by atoms with Crippen LogP contribution in [0.4, 0.5) is 10.3 Å². The lowest BCUT2D eigenvalue weighted by Crippen LogP contribution is -2.17. The topological polar surface area (TPSA) is 85.1 Å². The quantitative estimate of drug-likeness (QED) is 0.789. The smallest absolute Gasteiger partial charge is 0.261 e. The molecule has 3 heterocycles. The van der Waals surface area contributed by atoms with Crippen LogP contribution < -0.4 is 5.32 Å². The Morgan fingerprint density at radius 2 is 2.20 bits per heavy atom. The number of aryl methyl sites for hydroxylation is 1. The van der Waals surface area contributed by atoms with Gasteiger partial charge < -0.3 is 0 Å². The Labute approximate surface area is 143 Å². The first-order valence-electron chi connectivity index (χ1n) is 8.31. The second kappa shape index (κ2) is 6.19. The van der Waals surface area contributed by atoms with E-state index in [1.54, 1.807) is 6.33 Å². The summed E-state index contributed by atoms with van der Waals surface area (Å²) in [5.74, 6) is -0.442. The van der Waals surface area contributed by atoms with Crippen molar-refractivity contribution in [1.82, 2.24) is 24.6 Å². The number of carbonyl (C=O) groups is 1. The molecule has 1 atom stereocenters. The first-order valence-corrected chi connectivity index (χ1v) is 8.31. The van der Waals surface area contributed by atoms with Crippen LogP contribution >= 0.6 is 0 Å². The Bertz CT molecular complexity index is 936. The van der Waals surface area contributed by atoms with Gasteiger partial charge in [-0.3, -0.25) is 14.5 Å². The fraction of sp³-hybridized carbons (Fsp3) is 0.353. The number of hydrogen-bond acceptors (Lipinski definition) is 5. The maximum atomic E-state index is 12.9. The molecule has 0 saturated carbocycles. The lowest BCUT2D eigenvalue weighted by Gasteiger charge is -2.13. The Morgan fingerprint density at radius 1 is 1.40 bits per heavy atom. The Hall–Kier alpha value is -2.90. The molecule has 25 heavy (non-hydrogen) atoms. The van der Waals surface area contributed by atoms with E-state index in [-0.39, 0.29) is 11.9 Å². The lowest BCUT2D eigenvalue weighted by molar-refractivity contribution is 0.102. The predicted octanol–water partition coefficient (Wildman–Crippen LogP) is 2.74. The van der Waals surface area contributed by atoms with Crippen LogP contribution in [0.3, 0.4) is 0 Å². The maximum absolute atomic E-state index is 12.9. The summed E-state index contributed by atoms with van der Waals surface area (Å²) in [4.78, 5) is 20.2. The van der Waals surface area contributed by atoms with Crippen LogP contribution in [0.25, 0.3) is 5.65 Å². The van der Waals surface area contributed by atoms with Crippen molar-refractivity contribution in [2.45, 2.75) is 38.5 Å². The van der Waals surface area contributed by atoms with Gasteiger partial charge in [0.2, 0.25) is 5.95 Å². The Kier molecular flexibility index (Phi) is 3.87. The van der Waals surface area contributed by atoms with E-state index in [1.165, 1.54) is 11.3 Å². The highest BCUT2D eigenvalue weighted by atomic mass is 19.1. The average molecular weight is 340 g/mol. The molecule has 0 saturated heterocycles. The third-order valence-corrected chi connectivity index (χ3v) is 4.61. The molecule has 0 aromatic carbocycles. The number of amides is 1. The van der Waals surface area contributed by atoms with Gasteiger partial charge >= 0.3 is 0 Å². The molecular formula is C17H17FN6O. The standard InChI is InChI=1S/C17H17FN6O/c1-2-3-10-4-5-14-12(10)6-13(15-23-21-9-24(14)15)16(25)22-17-19-7-11(18)8-20-17/h6-10H,2-5H2,1H3,(H,19,20,22,25)/t10-/m0/s1. The summed E-state index contributed by atoms with van der Waals surface area (Å²) in [5.41, 5.74) is 3.29. The number of nitrogens with one attached hydrogen (secondary N) is 1. The van der Waals surface area contributed by atoms with E-state index in [0.717, 1.165) is 38.1 Å². The molecule has 1 amide bonds. The summed E-state index contributed by atoms with van der Waals surface area (Å²) in [5, 5.41) is 10.7. The monoisotopic (exact) mass is 340 g/mol. The Balaban J connectivity index is 1.74. The fourth-order valence-electron chi connectivity index (χ4n) is 3.50. The normalized spacial score (nSPS) is 16.2. The maximum Gasteiger partial charge on any atom is 0.261 e. The molecule has 0 radical (unpaired) electrons. The molecule has 3 aromatic heterocycles. The minimum Gasteiger partial charge on any atom is -0.290 e. The molecule has 0 bridgehead atoms. The molecule has 4 rings (SSSR count). The van der Waals surface area contributed by atoms with Gasteiger partial charge in [-0.1, -0.05) is 13.3 Å². The van der Waals surface area contributed by atoms with Gasteiger partial charge in [-0.15, -0.1) is 10.2 Å². The van der Waals surface area contributed by atoms with Gasteiger partial charge in [0.1, 0.15) is 6.33 Å². The van der Waals surface area contributed by atoms with Crippen molar-refractivity contribution >= 4 is 17.5 Å². The van der Waals surface area contributed by atoms with Gasteiger partial charge in [0.25, 0.3) is 5.91 Å². The SMILES string of the molecule is CCC[C@H]1CCc2c1cc(C(=O)Nc1ncc(F)cn1)c1nncn21. The van der Waals surface area contributed by atoms with E-state index < -0.39 is 5.82 Å². The van der Waals surface area contributed by atoms with Crippen LogP contribution in [-0.4, -0.2) is 30.5 Å². The van der Waals surface area contributed by atoms with Gasteiger partial charge in [0.05, 0.1) is 18.0 Å². The number of fused-ring (bicyclic) bond motifs is 3. The lowest BCUT2D eigenvalue weighted by atomic mass is 9.96. The van der Waals surface area contributed by atoms with Crippen molar-refractivity contribution < 1.29 is 9.18 Å². The average Bonchev–Trinajstić information content (AvgIpc) is 3.23. The van der Waals surface area contributed by atoms with E-state index >= 15 is 0 Å². The fourth-order valence-corrected chi connectivity index (χ4v) is 3.50. The van der Waals surface area contributed by atoms with Gasteiger partial charge in [0, 0.05) is 5.69 Å². The molecule has 0 aliphatic heterocycles. The molecule has 0 fully saturated rings. The van der Waals surface area contributed by atoms with Crippen LogP contribution in [0, 0.1) is 5.82 Å². The molecule has 3 aromatic rings. The largest absolute Gasteiger partial charge is 0.290 e. The summed E-state index contributed by atoms with van der Waals surface area (Å²) >= 11 is 0. The zero-order chi connectivity index (χ0) is 17.4. The summed E-state index contributed by atoms with van der Waals surface area (Å²) in [7, 11) is 0. The summed E-state index contributed by atoms with van der Waals surface area (Å²) in [6.45, 7) is 2.16. The van der Waals surface area contributed by atoms with Crippen LogP contribution in [0.15, 0.2) is 24.8 Å². The number of carbonyl (C=O) groups excluding carboxylic acids is 1. The number of hydrogen-bond donors (Lipinski definition) is 1. The third kappa shape index (κ3) is 2.73. The van der Waals surface area contributed by atoms with Gasteiger partial charge in [-0.25, -0.2) is 14.4 Å². The zero-order valence-corrected chi connectivity index (χ0v) is 13.7. The highest BCUT2D eigenvalue weighted by Gasteiger charge is 2.27. The minimum atomic E-state index is -0.558. The number of rotatable bonds is 4. The summed E-state index contributed by atoms with van der Waals surface area (Å²) in [6.07, 6.45) is 7.87. The number of halogens is 1. The number of nitrogens with zero attached hydrogens (tertiary/aromatic N) is 5. The Morgan fingerprint density at radius 3 is 2.96 bits per heavy atom. The first kappa shape index (κ1) is 15.6. The van der Waals surface area contributed by atoms with Crippen molar-refractivity contribution in [1.29, 1.82) is 0 Å². The van der Waals surface area contributed by atoms with Gasteiger partial charge in [-0.05, 0) is 36.8 Å². The van der Waals surface area contributed by atoms with Crippen LogP contribution in [0.5, 0.6) is 0 Å². The molecule has 1 aliphatic rings. The molecule has 7 nitrogen and oxygen atoms in total. The van der Waals surface area contributed by atoms with Crippen LogP contribution in [-0.2, 0) is 6.42 Å². The molecule has 1 aliphatic carbocycles. The highest BCUT2D eigenvalue weighted by Crippen LogP contribution is 2.37. The van der Waals surface area contributed by atoms with E-state index in [2.05, 4.69) is 32.4 Å². The molecule has 128 valence electrons. The summed E-state index contributed by atoms with van der Waals surface area (Å²) < 4.78 is 14.8. The highest BCUT2D eigenvalue weighted by molar-refractivity contribution is 6.07. The predicted molar refractivity (Wildman–Crippen MR) is 88.9 cm³/mol. The van der Waals surface area contributed by atoms with Crippen LogP contribution in [0.2, 0.25) is 0 Å². The molecule has 1 N–H and O–H groups in total. The molecule has 8 heteroatoms. The number of aromatic nitrogens is 5. The van der Waals surface area contributed by atoms with Gasteiger partial charge in [-0.2, -0.15) is 0 Å². The van der Waals surface area contributed by atoms with E-state index in [1.807, 2.05) is 10.5 Å². The van der Waals surface area contributed by atoms with Gasteiger partial charge in [0.15, 0.2) is 11.5 Å². The van der Waals surface area contributed by atoms with Crippen molar-refractivity contribution in [3.63, 3.8) is 0 Å². The van der Waals surface area contributed by atoms with E-state index in [4.69, 9.17) is 0 Å². The molecular weight excluding hydrogens is 323 g/mol. The molecule has 0 unspecified atom stereocenters. The zero-order valence-electron chi connectivity index (χ0n) is 13.7. The summed E-state index contributed by atoms with van der Waals surface area (Å²) in [6, 6.07) is 1.91. The van der Waals surface area contributed by atoms with Crippen LogP contribution in [0.1, 0.15) is 53.7 Å². The second-order valence-electron chi connectivity index (χ2n) is 6.19. The first-order chi connectivity index (χ1) is 12.2. The number of anilines is 1. The minimum absolute atomic E-state index is 0.0506. The van der Waals surface area contributed by atoms with Crippen molar-refractivity contribution in [2.24, 2.45) is 0 Å². The number of pyridine rings is 1. The molecule has 0 spiro atoms. The third-order valence-electron chi connectivity index (χ3n) is 4.61. The second-order valence-corrected chi connectivity index (χ2v) is 6.19.